The topological polar surface area (TPSA) is 174 Å². The molecular formula is C48H61ClN8O4S. The van der Waals surface area contributed by atoms with Crippen molar-refractivity contribution in [3.8, 4) is 11.5 Å². The van der Waals surface area contributed by atoms with Crippen LogP contribution < -0.4 is 21.7 Å². The van der Waals surface area contributed by atoms with E-state index in [0.29, 0.717) is 40.2 Å². The van der Waals surface area contributed by atoms with Crippen LogP contribution in [0.4, 0.5) is 17.3 Å². The molecule has 0 unspecified atom stereocenters. The zero-order valence-corrected chi connectivity index (χ0v) is 37.8. The molecule has 0 spiro atoms. The molecule has 330 valence electrons. The first kappa shape index (κ1) is 44.1. The van der Waals surface area contributed by atoms with Gasteiger partial charge < -0.3 is 41.7 Å². The van der Waals surface area contributed by atoms with Gasteiger partial charge in [-0.1, -0.05) is 67.9 Å². The lowest BCUT2D eigenvalue weighted by molar-refractivity contribution is -0.121. The Morgan fingerprint density at radius 1 is 0.984 bits per heavy atom. The molecule has 4 aromatic rings. The molecule has 14 heteroatoms. The second-order valence-electron chi connectivity index (χ2n) is 18.8. The monoisotopic (exact) mass is 880 g/mol. The van der Waals surface area contributed by atoms with E-state index in [1.54, 1.807) is 17.2 Å². The summed E-state index contributed by atoms with van der Waals surface area (Å²) >= 11 is 8.19. The second kappa shape index (κ2) is 18.7. The molecule has 4 aliphatic rings. The molecule has 62 heavy (non-hydrogen) atoms. The number of fused-ring (bicyclic) bond motifs is 1. The Bertz CT molecular complexity index is 2280. The van der Waals surface area contributed by atoms with E-state index < -0.39 is 0 Å². The number of likely N-dealkylation sites (tertiary alicyclic amines) is 1. The van der Waals surface area contributed by atoms with Crippen LogP contribution in [0, 0.1) is 17.8 Å². The van der Waals surface area contributed by atoms with E-state index in [4.69, 9.17) is 23.1 Å². The number of benzene rings is 3. The van der Waals surface area contributed by atoms with Gasteiger partial charge in [-0.05, 0) is 130 Å². The maximum absolute atomic E-state index is 13.4. The van der Waals surface area contributed by atoms with Gasteiger partial charge in [-0.2, -0.15) is 0 Å². The normalized spacial score (nSPS) is 20.3. The van der Waals surface area contributed by atoms with E-state index >= 15 is 0 Å². The van der Waals surface area contributed by atoms with Crippen LogP contribution in [-0.2, 0) is 24.3 Å². The Labute approximate surface area is 374 Å². The van der Waals surface area contributed by atoms with Crippen LogP contribution in [-0.4, -0.2) is 80.1 Å². The summed E-state index contributed by atoms with van der Waals surface area (Å²) in [7, 11) is 0. The van der Waals surface area contributed by atoms with Gasteiger partial charge >= 0.3 is 0 Å². The Balaban J connectivity index is 0.734. The molecule has 2 amide bonds. The summed E-state index contributed by atoms with van der Waals surface area (Å²) in [6.45, 7) is 11.6. The summed E-state index contributed by atoms with van der Waals surface area (Å²) in [5, 5.41) is 24.9. The number of carbonyl (C=O) groups is 2. The van der Waals surface area contributed by atoms with E-state index in [2.05, 4.69) is 50.2 Å². The van der Waals surface area contributed by atoms with Crippen LogP contribution in [0.2, 0.25) is 5.02 Å². The molecule has 2 saturated heterocycles. The lowest BCUT2D eigenvalue weighted by atomic mass is 9.72. The first-order valence-corrected chi connectivity index (χ1v) is 23.5. The van der Waals surface area contributed by atoms with Crippen LogP contribution in [0.15, 0.2) is 64.6 Å². The van der Waals surface area contributed by atoms with E-state index in [-0.39, 0.29) is 46.3 Å². The third-order valence-corrected chi connectivity index (χ3v) is 15.2. The van der Waals surface area contributed by atoms with Crippen LogP contribution in [0.25, 0.3) is 0 Å². The Morgan fingerprint density at radius 2 is 1.73 bits per heavy atom. The highest BCUT2D eigenvalue weighted by Gasteiger charge is 2.33. The van der Waals surface area contributed by atoms with Crippen LogP contribution >= 0.6 is 23.4 Å². The molecule has 4 heterocycles. The standard InChI is InChI=1S/C48H61ClN8O4S/c1-29(2)36-23-37(40(59)24-39(36)58)47(61)57-27-34-11-10-30(22-35(34)28-57)6-4-7-31-20-32(21-31)26-55-16-12-33(13-17-55)45(60)53-38-8-5-9-41(43(38)49)62-46-44(50)54-42(25-52-46)56-18-14-48(3,51)15-19-56/h5,8-11,22-25,29,31-33,58-59H,4,6-7,12-21,26-28,51H2,1-3H3,(H2,50,54)(H,53,60). The number of nitrogen functional groups attached to an aromatic ring is 1. The van der Waals surface area contributed by atoms with Crippen LogP contribution in [0.5, 0.6) is 11.5 Å². The number of aromatic hydroxyl groups is 2. The van der Waals surface area contributed by atoms with Crippen LogP contribution in [0.3, 0.4) is 0 Å². The number of piperidine rings is 2. The Hall–Kier alpha value is -4.56. The molecular weight excluding hydrogens is 820 g/mol. The van der Waals surface area contributed by atoms with Crippen molar-refractivity contribution in [1.82, 2.24) is 19.8 Å². The molecule has 3 aromatic carbocycles. The van der Waals surface area contributed by atoms with Gasteiger partial charge in [0.05, 0.1) is 22.5 Å². The average molecular weight is 882 g/mol. The maximum atomic E-state index is 13.4. The third-order valence-electron chi connectivity index (χ3n) is 13.6. The predicted molar refractivity (Wildman–Crippen MR) is 247 cm³/mol. The van der Waals surface area contributed by atoms with Gasteiger partial charge in [0.25, 0.3) is 5.91 Å². The number of amides is 2. The fourth-order valence-corrected chi connectivity index (χ4v) is 10.7. The van der Waals surface area contributed by atoms with Gasteiger partial charge in [-0.3, -0.25) is 9.59 Å². The summed E-state index contributed by atoms with van der Waals surface area (Å²) in [5.41, 5.74) is 17.6. The Morgan fingerprint density at radius 3 is 2.45 bits per heavy atom. The second-order valence-corrected chi connectivity index (χ2v) is 20.2. The summed E-state index contributed by atoms with van der Waals surface area (Å²) in [5.74, 6) is 2.18. The van der Waals surface area contributed by atoms with Crippen molar-refractivity contribution in [2.45, 2.75) is 113 Å². The van der Waals surface area contributed by atoms with Gasteiger partial charge in [0, 0.05) is 55.1 Å². The molecule has 0 atom stereocenters. The van der Waals surface area contributed by atoms with Crippen LogP contribution in [0.1, 0.15) is 111 Å². The molecule has 3 aliphatic heterocycles. The molecule has 0 radical (unpaired) electrons. The number of nitrogens with zero attached hydrogens (tertiary/aromatic N) is 5. The summed E-state index contributed by atoms with van der Waals surface area (Å²) in [4.78, 5) is 43.3. The quantitative estimate of drug-likeness (QED) is 0.0871. The number of rotatable bonds is 13. The van der Waals surface area contributed by atoms with Crippen molar-refractivity contribution in [2.24, 2.45) is 23.5 Å². The third kappa shape index (κ3) is 10.1. The number of aromatic nitrogens is 2. The Kier molecular flexibility index (Phi) is 13.3. The van der Waals surface area contributed by atoms with Gasteiger partial charge in [0.15, 0.2) is 5.82 Å². The van der Waals surface area contributed by atoms with Gasteiger partial charge in [0.1, 0.15) is 22.3 Å². The van der Waals surface area contributed by atoms with Crippen molar-refractivity contribution in [3.05, 3.63) is 87.6 Å². The van der Waals surface area contributed by atoms with Gasteiger partial charge in [-0.15, -0.1) is 0 Å². The largest absolute Gasteiger partial charge is 0.508 e. The van der Waals surface area contributed by atoms with Crippen molar-refractivity contribution in [3.63, 3.8) is 0 Å². The molecule has 3 fully saturated rings. The molecule has 12 nitrogen and oxygen atoms in total. The number of anilines is 3. The number of nitrogens with one attached hydrogen (secondary N) is 1. The fourth-order valence-electron chi connectivity index (χ4n) is 9.63. The first-order valence-electron chi connectivity index (χ1n) is 22.3. The highest BCUT2D eigenvalue weighted by molar-refractivity contribution is 7.99. The maximum Gasteiger partial charge on any atom is 0.258 e. The number of hydrogen-bond donors (Lipinski definition) is 5. The number of phenols is 2. The minimum Gasteiger partial charge on any atom is -0.508 e. The molecule has 7 N–H and O–H groups in total. The lowest BCUT2D eigenvalue weighted by Gasteiger charge is -2.40. The number of aryl methyl sites for hydroxylation is 1. The molecule has 1 aromatic heterocycles. The summed E-state index contributed by atoms with van der Waals surface area (Å²) < 4.78 is 0. The highest BCUT2D eigenvalue weighted by Crippen LogP contribution is 2.41. The zero-order valence-electron chi connectivity index (χ0n) is 36.2. The number of nitrogens with two attached hydrogens (primary N) is 2. The first-order chi connectivity index (χ1) is 29.7. The average Bonchev–Trinajstić information content (AvgIpc) is 3.65. The SMILES string of the molecule is CC(C)c1cc(C(=O)N2Cc3ccc(CCCC4CC(CN5CCC(C(=O)Nc6cccc(Sc7ncc(N8CCC(C)(N)CC8)nc7N)c6Cl)CC5)C4)cc3C2)c(O)cc1O. The lowest BCUT2D eigenvalue weighted by Crippen LogP contribution is -2.48. The number of carbonyl (C=O) groups excluding carboxylic acids is 2. The van der Waals surface area contributed by atoms with Crippen molar-refractivity contribution in [2.75, 3.05) is 48.7 Å². The fraction of sp³-hybridized carbons (Fsp3) is 0.500. The molecule has 1 aliphatic carbocycles. The molecule has 0 bridgehead atoms. The highest BCUT2D eigenvalue weighted by atomic mass is 35.5. The molecule has 1 saturated carbocycles. The predicted octanol–water partition coefficient (Wildman–Crippen LogP) is 8.57. The number of hydrogen-bond acceptors (Lipinski definition) is 11. The number of phenolic OH excluding ortho intramolecular Hbond substituents is 2. The molecule has 8 rings (SSSR count). The van der Waals surface area contributed by atoms with Crippen molar-refractivity contribution < 1.29 is 19.8 Å². The smallest absolute Gasteiger partial charge is 0.258 e. The van der Waals surface area contributed by atoms with E-state index in [9.17, 15) is 19.8 Å². The van der Waals surface area contributed by atoms with E-state index in [1.165, 1.54) is 48.2 Å². The summed E-state index contributed by atoms with van der Waals surface area (Å²) in [6.07, 6.45) is 11.1. The number of halogens is 1. The van der Waals surface area contributed by atoms with Gasteiger partial charge in [0.2, 0.25) is 5.91 Å². The van der Waals surface area contributed by atoms with Crippen molar-refractivity contribution in [1.29, 1.82) is 0 Å². The minimum absolute atomic E-state index is 0.0109. The van der Waals surface area contributed by atoms with E-state index in [0.717, 1.165) is 99.4 Å². The zero-order chi connectivity index (χ0) is 43.7. The summed E-state index contributed by atoms with van der Waals surface area (Å²) in [6, 6.07) is 15.1. The van der Waals surface area contributed by atoms with Crippen molar-refractivity contribution >= 4 is 52.5 Å². The van der Waals surface area contributed by atoms with E-state index in [1.807, 2.05) is 32.0 Å². The minimum atomic E-state index is -0.218. The van der Waals surface area contributed by atoms with Gasteiger partial charge in [-0.25, -0.2) is 9.97 Å².